The van der Waals surface area contributed by atoms with E-state index >= 15 is 0 Å². The summed E-state index contributed by atoms with van der Waals surface area (Å²) in [6.07, 6.45) is 0.889. The standard InChI is InChI=1S/C20H17BrClN3O/c1-2-7-23-20(26)18-14-5-3-12(21)10-16(14)25-19(18)17-9-11-8-13(22)4-6-15(11)24-17/h3-6,8-10,24-25H,2,7H2,1H3,(H,23,26). The molecule has 0 fully saturated rings. The van der Waals surface area contributed by atoms with E-state index in [1.807, 2.05) is 49.4 Å². The van der Waals surface area contributed by atoms with Crippen LogP contribution in [0.25, 0.3) is 33.2 Å². The summed E-state index contributed by atoms with van der Waals surface area (Å²) < 4.78 is 0.960. The highest BCUT2D eigenvalue weighted by atomic mass is 79.9. The van der Waals surface area contributed by atoms with Gasteiger partial charge in [-0.3, -0.25) is 4.79 Å². The zero-order valence-corrected chi connectivity index (χ0v) is 16.5. The minimum Gasteiger partial charge on any atom is -0.353 e. The maximum absolute atomic E-state index is 12.8. The molecule has 4 aromatic rings. The number of hydrogen-bond acceptors (Lipinski definition) is 1. The van der Waals surface area contributed by atoms with Crippen molar-refractivity contribution in [3.63, 3.8) is 0 Å². The fourth-order valence-corrected chi connectivity index (χ4v) is 3.71. The van der Waals surface area contributed by atoms with Gasteiger partial charge in [0, 0.05) is 37.8 Å². The van der Waals surface area contributed by atoms with Gasteiger partial charge in [0.05, 0.1) is 17.0 Å². The lowest BCUT2D eigenvalue weighted by Gasteiger charge is -2.05. The number of rotatable bonds is 4. The van der Waals surface area contributed by atoms with E-state index in [1.165, 1.54) is 0 Å². The van der Waals surface area contributed by atoms with Gasteiger partial charge in [-0.15, -0.1) is 0 Å². The zero-order valence-electron chi connectivity index (χ0n) is 14.1. The van der Waals surface area contributed by atoms with Crippen LogP contribution in [0.5, 0.6) is 0 Å². The Kier molecular flexibility index (Phi) is 4.51. The van der Waals surface area contributed by atoms with E-state index in [0.29, 0.717) is 17.1 Å². The number of nitrogens with one attached hydrogen (secondary N) is 3. The summed E-state index contributed by atoms with van der Waals surface area (Å²) in [6.45, 7) is 2.68. The topological polar surface area (TPSA) is 60.7 Å². The van der Waals surface area contributed by atoms with Crippen molar-refractivity contribution in [2.45, 2.75) is 13.3 Å². The number of aromatic amines is 2. The molecule has 2 aromatic heterocycles. The number of H-pyrrole nitrogens is 2. The lowest BCUT2D eigenvalue weighted by Crippen LogP contribution is -2.24. The molecule has 3 N–H and O–H groups in total. The largest absolute Gasteiger partial charge is 0.353 e. The van der Waals surface area contributed by atoms with Gasteiger partial charge < -0.3 is 15.3 Å². The second-order valence-electron chi connectivity index (χ2n) is 6.24. The van der Waals surface area contributed by atoms with Crippen LogP contribution in [0.1, 0.15) is 23.7 Å². The van der Waals surface area contributed by atoms with Crippen molar-refractivity contribution in [2.24, 2.45) is 0 Å². The summed E-state index contributed by atoms with van der Waals surface area (Å²) in [6, 6.07) is 13.6. The zero-order chi connectivity index (χ0) is 18.3. The van der Waals surface area contributed by atoms with Crippen molar-refractivity contribution in [3.8, 4) is 11.4 Å². The van der Waals surface area contributed by atoms with Crippen LogP contribution >= 0.6 is 27.5 Å². The number of fused-ring (bicyclic) bond motifs is 2. The third kappa shape index (κ3) is 3.02. The van der Waals surface area contributed by atoms with Crippen LogP contribution in [-0.4, -0.2) is 22.4 Å². The molecular formula is C20H17BrClN3O. The second kappa shape index (κ2) is 6.82. The lowest BCUT2D eigenvalue weighted by atomic mass is 10.1. The molecule has 132 valence electrons. The molecule has 2 heterocycles. The number of carbonyl (C=O) groups excluding carboxylic acids is 1. The SMILES string of the molecule is CCCNC(=O)c1c(-c2cc3cc(Cl)ccc3[nH]2)[nH]c2cc(Br)ccc12. The molecule has 0 spiro atoms. The van der Waals surface area contributed by atoms with Gasteiger partial charge in [-0.2, -0.15) is 0 Å². The first-order valence-corrected chi connectivity index (χ1v) is 9.62. The van der Waals surface area contributed by atoms with Gasteiger partial charge in [0.1, 0.15) is 0 Å². The number of halogens is 2. The minimum absolute atomic E-state index is 0.0767. The highest BCUT2D eigenvalue weighted by Crippen LogP contribution is 2.33. The van der Waals surface area contributed by atoms with E-state index in [-0.39, 0.29) is 5.91 Å². The molecule has 4 nitrogen and oxygen atoms in total. The fourth-order valence-electron chi connectivity index (χ4n) is 3.17. The van der Waals surface area contributed by atoms with Crippen LogP contribution in [0.15, 0.2) is 46.9 Å². The van der Waals surface area contributed by atoms with Crippen LogP contribution < -0.4 is 5.32 Å². The molecule has 0 saturated heterocycles. The molecule has 1 amide bonds. The number of carbonyl (C=O) groups is 1. The third-order valence-corrected chi connectivity index (χ3v) is 5.10. The fraction of sp³-hybridized carbons (Fsp3) is 0.150. The van der Waals surface area contributed by atoms with E-state index in [1.54, 1.807) is 0 Å². The molecule has 0 aliphatic carbocycles. The molecular weight excluding hydrogens is 414 g/mol. The van der Waals surface area contributed by atoms with Gasteiger partial charge in [0.25, 0.3) is 5.91 Å². The Labute approximate surface area is 164 Å². The van der Waals surface area contributed by atoms with Gasteiger partial charge in [-0.05, 0) is 42.8 Å². The monoisotopic (exact) mass is 429 g/mol. The maximum atomic E-state index is 12.8. The van der Waals surface area contributed by atoms with Crippen molar-refractivity contribution in [3.05, 3.63) is 57.5 Å². The molecule has 0 radical (unpaired) electrons. The predicted molar refractivity (Wildman–Crippen MR) is 111 cm³/mol. The first kappa shape index (κ1) is 17.2. The predicted octanol–water partition coefficient (Wildman–Crippen LogP) is 5.87. The molecule has 0 bridgehead atoms. The molecule has 0 saturated carbocycles. The van der Waals surface area contributed by atoms with Crippen molar-refractivity contribution in [1.29, 1.82) is 0 Å². The van der Waals surface area contributed by atoms with E-state index < -0.39 is 0 Å². The molecule has 2 aromatic carbocycles. The average Bonchev–Trinajstić information content (AvgIpc) is 3.19. The summed E-state index contributed by atoms with van der Waals surface area (Å²) in [5.74, 6) is -0.0767. The van der Waals surface area contributed by atoms with Crippen LogP contribution in [0, 0.1) is 0 Å². The minimum atomic E-state index is -0.0767. The Morgan fingerprint density at radius 2 is 1.96 bits per heavy atom. The number of aromatic nitrogens is 2. The Bertz CT molecular complexity index is 1130. The molecule has 6 heteroatoms. The highest BCUT2D eigenvalue weighted by molar-refractivity contribution is 9.10. The first-order chi connectivity index (χ1) is 12.6. The van der Waals surface area contributed by atoms with E-state index in [0.717, 1.165) is 44.1 Å². The molecule has 0 atom stereocenters. The smallest absolute Gasteiger partial charge is 0.254 e. The number of benzene rings is 2. The summed E-state index contributed by atoms with van der Waals surface area (Å²) in [4.78, 5) is 19.6. The Morgan fingerprint density at radius 3 is 2.77 bits per heavy atom. The van der Waals surface area contributed by atoms with E-state index in [9.17, 15) is 4.79 Å². The Hall–Kier alpha value is -2.24. The summed E-state index contributed by atoms with van der Waals surface area (Å²) >= 11 is 9.60. The average molecular weight is 431 g/mol. The van der Waals surface area contributed by atoms with Crippen molar-refractivity contribution < 1.29 is 4.79 Å². The summed E-state index contributed by atoms with van der Waals surface area (Å²) in [7, 11) is 0. The van der Waals surface area contributed by atoms with Gasteiger partial charge in [0.2, 0.25) is 0 Å². The second-order valence-corrected chi connectivity index (χ2v) is 7.59. The van der Waals surface area contributed by atoms with E-state index in [4.69, 9.17) is 11.6 Å². The number of hydrogen-bond donors (Lipinski definition) is 3. The summed E-state index contributed by atoms with van der Waals surface area (Å²) in [5.41, 5.74) is 4.17. The van der Waals surface area contributed by atoms with Crippen molar-refractivity contribution in [1.82, 2.24) is 15.3 Å². The molecule has 26 heavy (non-hydrogen) atoms. The van der Waals surface area contributed by atoms with Gasteiger partial charge in [-0.1, -0.05) is 40.5 Å². The van der Waals surface area contributed by atoms with Crippen molar-refractivity contribution >= 4 is 55.2 Å². The van der Waals surface area contributed by atoms with Gasteiger partial charge >= 0.3 is 0 Å². The van der Waals surface area contributed by atoms with E-state index in [2.05, 4.69) is 31.2 Å². The van der Waals surface area contributed by atoms with Crippen LogP contribution in [0.3, 0.4) is 0 Å². The lowest BCUT2D eigenvalue weighted by molar-refractivity contribution is 0.0956. The van der Waals surface area contributed by atoms with Crippen LogP contribution in [-0.2, 0) is 0 Å². The van der Waals surface area contributed by atoms with Crippen molar-refractivity contribution in [2.75, 3.05) is 6.54 Å². The summed E-state index contributed by atoms with van der Waals surface area (Å²) in [5, 5.41) is 5.58. The maximum Gasteiger partial charge on any atom is 0.254 e. The van der Waals surface area contributed by atoms with Gasteiger partial charge in [-0.25, -0.2) is 0 Å². The Morgan fingerprint density at radius 1 is 1.12 bits per heavy atom. The molecule has 4 rings (SSSR count). The Balaban J connectivity index is 1.93. The van der Waals surface area contributed by atoms with Crippen LogP contribution in [0.2, 0.25) is 5.02 Å². The quantitative estimate of drug-likeness (QED) is 0.372. The molecule has 0 aliphatic rings. The van der Waals surface area contributed by atoms with Crippen LogP contribution in [0.4, 0.5) is 0 Å². The number of amides is 1. The molecule has 0 unspecified atom stereocenters. The third-order valence-electron chi connectivity index (χ3n) is 4.38. The molecule has 0 aliphatic heterocycles. The normalized spacial score (nSPS) is 11.3. The first-order valence-electron chi connectivity index (χ1n) is 8.45. The van der Waals surface area contributed by atoms with Gasteiger partial charge in [0.15, 0.2) is 0 Å². The highest BCUT2D eigenvalue weighted by Gasteiger charge is 2.20.